The van der Waals surface area contributed by atoms with Gasteiger partial charge < -0.3 is 10.7 Å². The fourth-order valence-corrected chi connectivity index (χ4v) is 2.41. The minimum Gasteiger partial charge on any atom is -0.365 e. The molecule has 0 saturated carbocycles. The Morgan fingerprint density at radius 1 is 1.21 bits per heavy atom. The minimum atomic E-state index is -4.86. The normalized spacial score (nSPS) is 11.5. The van der Waals surface area contributed by atoms with Gasteiger partial charge in [-0.05, 0) is 32.0 Å². The van der Waals surface area contributed by atoms with Crippen molar-refractivity contribution >= 4 is 11.7 Å². The first-order chi connectivity index (χ1) is 11.0. The third-order valence-electron chi connectivity index (χ3n) is 3.48. The Labute approximate surface area is 134 Å². The van der Waals surface area contributed by atoms with Crippen LogP contribution in [0, 0.1) is 13.8 Å². The number of nitrogens with one attached hydrogen (secondary N) is 1. The highest BCUT2D eigenvalue weighted by Gasteiger charge is 2.35. The largest absolute Gasteiger partial charge is 0.431 e. The van der Waals surface area contributed by atoms with Crippen LogP contribution in [-0.4, -0.2) is 21.2 Å². The second kappa shape index (κ2) is 5.99. The molecular weight excluding hydrogens is 327 g/mol. The fraction of sp³-hybridized carbons (Fsp3) is 0.267. The van der Waals surface area contributed by atoms with Crippen molar-refractivity contribution in [1.29, 1.82) is 0 Å². The van der Waals surface area contributed by atoms with E-state index in [1.807, 2.05) is 0 Å². The van der Waals surface area contributed by atoms with Crippen LogP contribution in [0.3, 0.4) is 0 Å². The lowest BCUT2D eigenvalue weighted by atomic mass is 10.1. The summed E-state index contributed by atoms with van der Waals surface area (Å²) in [6.07, 6.45) is -4.86. The number of aromatic nitrogens is 2. The van der Waals surface area contributed by atoms with Crippen LogP contribution in [0.25, 0.3) is 0 Å². The first-order valence-electron chi connectivity index (χ1n) is 6.82. The predicted molar refractivity (Wildman–Crippen MR) is 78.8 cm³/mol. The molecule has 0 aliphatic heterocycles. The topological polar surface area (TPSA) is 97.9 Å². The van der Waals surface area contributed by atoms with Crippen molar-refractivity contribution < 1.29 is 22.8 Å². The zero-order chi connectivity index (χ0) is 18.2. The average molecular weight is 341 g/mol. The van der Waals surface area contributed by atoms with Gasteiger partial charge in [-0.2, -0.15) is 13.2 Å². The third kappa shape index (κ3) is 3.24. The summed E-state index contributed by atoms with van der Waals surface area (Å²) in [5, 5.41) is 0. The molecule has 2 aromatic rings. The van der Waals surface area contributed by atoms with Crippen LogP contribution < -0.4 is 11.3 Å². The second-order valence-corrected chi connectivity index (χ2v) is 5.30. The van der Waals surface area contributed by atoms with E-state index in [1.165, 1.54) is 6.07 Å². The van der Waals surface area contributed by atoms with E-state index >= 15 is 0 Å². The number of alkyl halides is 3. The molecule has 0 saturated heterocycles. The average Bonchev–Trinajstić information content (AvgIpc) is 2.78. The predicted octanol–water partition coefficient (Wildman–Crippen LogP) is 1.79. The maximum Gasteiger partial charge on any atom is 0.431 e. The Balaban J connectivity index is 2.57. The smallest absolute Gasteiger partial charge is 0.365 e. The number of pyridine rings is 1. The number of H-pyrrole nitrogens is 1. The van der Waals surface area contributed by atoms with E-state index in [0.29, 0.717) is 23.5 Å². The highest BCUT2D eigenvalue weighted by Crippen LogP contribution is 2.28. The zero-order valence-electron chi connectivity index (χ0n) is 12.8. The van der Waals surface area contributed by atoms with Crippen molar-refractivity contribution in [3.05, 3.63) is 56.8 Å². The molecule has 0 aromatic carbocycles. The van der Waals surface area contributed by atoms with Gasteiger partial charge in [-0.3, -0.25) is 19.0 Å². The summed E-state index contributed by atoms with van der Waals surface area (Å²) in [6, 6.07) is 2.75. The Bertz CT molecular complexity index is 878. The van der Waals surface area contributed by atoms with Crippen LogP contribution in [0.5, 0.6) is 0 Å². The standard InChI is InChI=1S/C15H14F3N3O3/c1-7-5-10(8(2)20-7)11(22)6-21-12(15(16,17)18)4-3-9(13(19)23)14(21)24/h3-5,20H,6H2,1-2H3,(H2,19,23). The van der Waals surface area contributed by atoms with Crippen molar-refractivity contribution in [3.8, 4) is 0 Å². The summed E-state index contributed by atoms with van der Waals surface area (Å²) in [7, 11) is 0. The molecule has 0 atom stereocenters. The number of ketones is 1. The molecule has 3 N–H and O–H groups in total. The number of halogens is 3. The highest BCUT2D eigenvalue weighted by atomic mass is 19.4. The molecule has 0 unspecified atom stereocenters. The molecule has 2 rings (SSSR count). The lowest BCUT2D eigenvalue weighted by Crippen LogP contribution is -2.35. The Hall–Kier alpha value is -2.84. The number of aryl methyl sites for hydroxylation is 2. The lowest BCUT2D eigenvalue weighted by Gasteiger charge is -2.15. The molecule has 128 valence electrons. The number of carbonyl (C=O) groups excluding carboxylic acids is 2. The molecule has 2 heterocycles. The number of nitrogens with zero attached hydrogens (tertiary/aromatic N) is 1. The van der Waals surface area contributed by atoms with Crippen molar-refractivity contribution in [2.75, 3.05) is 0 Å². The number of hydrogen-bond donors (Lipinski definition) is 2. The van der Waals surface area contributed by atoms with Crippen LogP contribution in [0.1, 0.15) is 37.8 Å². The maximum absolute atomic E-state index is 13.1. The van der Waals surface area contributed by atoms with Gasteiger partial charge in [0.1, 0.15) is 11.3 Å². The molecule has 0 bridgehead atoms. The first kappa shape index (κ1) is 17.5. The monoisotopic (exact) mass is 341 g/mol. The molecular formula is C15H14F3N3O3. The number of nitrogens with two attached hydrogens (primary N) is 1. The second-order valence-electron chi connectivity index (χ2n) is 5.30. The van der Waals surface area contributed by atoms with Gasteiger partial charge in [0.05, 0.1) is 6.54 Å². The van der Waals surface area contributed by atoms with Gasteiger partial charge in [-0.25, -0.2) is 0 Å². The van der Waals surface area contributed by atoms with E-state index in [9.17, 15) is 27.6 Å². The van der Waals surface area contributed by atoms with Crippen molar-refractivity contribution in [2.45, 2.75) is 26.6 Å². The van der Waals surface area contributed by atoms with Crippen molar-refractivity contribution in [3.63, 3.8) is 0 Å². The number of aromatic amines is 1. The summed E-state index contributed by atoms with van der Waals surface area (Å²) in [6.45, 7) is 2.42. The number of hydrogen-bond acceptors (Lipinski definition) is 3. The summed E-state index contributed by atoms with van der Waals surface area (Å²) < 4.78 is 39.5. The van der Waals surface area contributed by atoms with Crippen molar-refractivity contribution in [2.24, 2.45) is 5.73 Å². The molecule has 1 amide bonds. The number of primary amides is 1. The van der Waals surface area contributed by atoms with Crippen LogP contribution >= 0.6 is 0 Å². The van der Waals surface area contributed by atoms with E-state index in [0.717, 1.165) is 0 Å². The van der Waals surface area contributed by atoms with Gasteiger partial charge in [0, 0.05) is 17.0 Å². The molecule has 0 radical (unpaired) electrons. The van der Waals surface area contributed by atoms with Gasteiger partial charge in [0.15, 0.2) is 5.78 Å². The first-order valence-corrected chi connectivity index (χ1v) is 6.82. The Morgan fingerprint density at radius 3 is 2.29 bits per heavy atom. The molecule has 0 aliphatic carbocycles. The van der Waals surface area contributed by atoms with E-state index in [1.54, 1.807) is 13.8 Å². The Kier molecular flexibility index (Phi) is 4.37. The number of rotatable bonds is 4. The molecule has 24 heavy (non-hydrogen) atoms. The van der Waals surface area contributed by atoms with Gasteiger partial charge in [0.2, 0.25) is 0 Å². The van der Waals surface area contributed by atoms with Crippen LogP contribution in [0.15, 0.2) is 23.0 Å². The lowest BCUT2D eigenvalue weighted by molar-refractivity contribution is -0.144. The minimum absolute atomic E-state index is 0.178. The van der Waals surface area contributed by atoms with E-state index in [-0.39, 0.29) is 10.1 Å². The quantitative estimate of drug-likeness (QED) is 0.830. The van der Waals surface area contributed by atoms with Gasteiger partial charge in [-0.15, -0.1) is 0 Å². The molecule has 0 fully saturated rings. The van der Waals surface area contributed by atoms with Crippen LogP contribution in [-0.2, 0) is 12.7 Å². The third-order valence-corrected chi connectivity index (χ3v) is 3.48. The van der Waals surface area contributed by atoms with E-state index in [2.05, 4.69) is 4.98 Å². The van der Waals surface area contributed by atoms with Crippen LogP contribution in [0.4, 0.5) is 13.2 Å². The molecule has 0 aliphatic rings. The molecule has 2 aromatic heterocycles. The summed E-state index contributed by atoms with van der Waals surface area (Å²) in [5.41, 5.74) is 3.11. The van der Waals surface area contributed by atoms with Crippen molar-refractivity contribution in [1.82, 2.24) is 9.55 Å². The van der Waals surface area contributed by atoms with E-state index < -0.39 is 41.2 Å². The SMILES string of the molecule is Cc1cc(C(=O)Cn2c(C(F)(F)F)ccc(C(N)=O)c2=O)c(C)[nH]1. The van der Waals surface area contributed by atoms with Gasteiger partial charge >= 0.3 is 6.18 Å². The fourth-order valence-electron chi connectivity index (χ4n) is 2.41. The van der Waals surface area contributed by atoms with Gasteiger partial charge in [-0.1, -0.05) is 0 Å². The highest BCUT2D eigenvalue weighted by molar-refractivity contribution is 5.97. The summed E-state index contributed by atoms with van der Waals surface area (Å²) >= 11 is 0. The number of carbonyl (C=O) groups is 2. The number of Topliss-reactive ketones (excluding diaryl/α,β-unsaturated/α-hetero) is 1. The maximum atomic E-state index is 13.1. The Morgan fingerprint density at radius 2 is 1.83 bits per heavy atom. The number of amides is 1. The van der Waals surface area contributed by atoms with E-state index in [4.69, 9.17) is 5.73 Å². The van der Waals surface area contributed by atoms with Crippen LogP contribution in [0.2, 0.25) is 0 Å². The molecule has 9 heteroatoms. The summed E-state index contributed by atoms with van der Waals surface area (Å²) in [4.78, 5) is 38.5. The van der Waals surface area contributed by atoms with Gasteiger partial charge in [0.25, 0.3) is 11.5 Å². The molecule has 0 spiro atoms. The zero-order valence-corrected chi connectivity index (χ0v) is 12.8. The summed E-state index contributed by atoms with van der Waals surface area (Å²) in [5.74, 6) is -1.85. The molecule has 6 nitrogen and oxygen atoms in total.